The zero-order valence-electron chi connectivity index (χ0n) is 14.9. The monoisotopic (exact) mass is 339 g/mol. The summed E-state index contributed by atoms with van der Waals surface area (Å²) in [4.78, 5) is 18.6. The molecule has 0 spiro atoms. The molecule has 1 aromatic heterocycles. The molecule has 0 bridgehead atoms. The Labute approximate surface area is 149 Å². The second kappa shape index (κ2) is 8.12. The highest BCUT2D eigenvalue weighted by molar-refractivity contribution is 5.78. The van der Waals surface area contributed by atoms with E-state index in [0.717, 1.165) is 30.6 Å². The predicted octanol–water partition coefficient (Wildman–Crippen LogP) is 2.72. The van der Waals surface area contributed by atoms with E-state index in [4.69, 9.17) is 4.74 Å². The lowest BCUT2D eigenvalue weighted by molar-refractivity contribution is -0.122. The average molecular weight is 339 g/mol. The van der Waals surface area contributed by atoms with Gasteiger partial charge >= 0.3 is 0 Å². The van der Waals surface area contributed by atoms with Crippen molar-refractivity contribution >= 4 is 5.91 Å². The Balaban J connectivity index is 1.58. The van der Waals surface area contributed by atoms with Gasteiger partial charge in [0.2, 0.25) is 5.91 Å². The summed E-state index contributed by atoms with van der Waals surface area (Å²) in [5.74, 6) is 0.932. The van der Waals surface area contributed by atoms with Gasteiger partial charge in [-0.05, 0) is 61.2 Å². The number of carbonyl (C=O) groups excluding carboxylic acids is 1. The summed E-state index contributed by atoms with van der Waals surface area (Å²) in [5.41, 5.74) is 3.60. The summed E-state index contributed by atoms with van der Waals surface area (Å²) in [7, 11) is 3.63. The maximum atomic E-state index is 12.5. The van der Waals surface area contributed by atoms with Crippen LogP contribution in [0.3, 0.4) is 0 Å². The molecule has 1 N–H and O–H groups in total. The number of nitrogens with one attached hydrogen (secondary N) is 1. The molecule has 1 aliphatic carbocycles. The van der Waals surface area contributed by atoms with Crippen LogP contribution in [0.2, 0.25) is 0 Å². The average Bonchev–Trinajstić information content (AvgIpc) is 2.62. The highest BCUT2D eigenvalue weighted by atomic mass is 16.5. The van der Waals surface area contributed by atoms with E-state index in [2.05, 4.69) is 22.4 Å². The topological polar surface area (TPSA) is 54.5 Å². The summed E-state index contributed by atoms with van der Waals surface area (Å²) in [6, 6.07) is 10.2. The molecule has 0 radical (unpaired) electrons. The fourth-order valence-electron chi connectivity index (χ4n) is 3.41. The number of benzene rings is 1. The number of rotatable bonds is 6. The number of pyridine rings is 1. The van der Waals surface area contributed by atoms with E-state index in [1.807, 2.05) is 36.3 Å². The van der Waals surface area contributed by atoms with Gasteiger partial charge in [0, 0.05) is 18.9 Å². The van der Waals surface area contributed by atoms with Crippen LogP contribution < -0.4 is 10.1 Å². The summed E-state index contributed by atoms with van der Waals surface area (Å²) < 4.78 is 5.31. The van der Waals surface area contributed by atoms with Gasteiger partial charge in [-0.15, -0.1) is 0 Å². The number of hydrogen-bond acceptors (Lipinski definition) is 4. The van der Waals surface area contributed by atoms with E-state index < -0.39 is 0 Å². The fourth-order valence-corrected chi connectivity index (χ4v) is 3.41. The number of nitrogens with zero attached hydrogens (tertiary/aromatic N) is 2. The molecule has 1 heterocycles. The standard InChI is InChI=1S/C20H25N3O2/c1-23(13-15-5-4-10-21-12-15)14-20(24)22-19-7-3-6-16-11-17(25-2)8-9-18(16)19/h4-5,8-12,19H,3,6-7,13-14H2,1-2H3,(H,22,24)/t19-/m1/s1. The number of likely N-dealkylation sites (N-methyl/N-ethyl adjacent to an activating group) is 1. The number of aromatic nitrogens is 1. The van der Waals surface area contributed by atoms with Crippen molar-refractivity contribution < 1.29 is 9.53 Å². The van der Waals surface area contributed by atoms with Gasteiger partial charge in [-0.1, -0.05) is 12.1 Å². The van der Waals surface area contributed by atoms with Gasteiger partial charge in [0.15, 0.2) is 0 Å². The number of carbonyl (C=O) groups is 1. The lowest BCUT2D eigenvalue weighted by Gasteiger charge is -2.27. The van der Waals surface area contributed by atoms with Crippen LogP contribution in [0.15, 0.2) is 42.7 Å². The van der Waals surface area contributed by atoms with Crippen LogP contribution in [0.25, 0.3) is 0 Å². The van der Waals surface area contributed by atoms with E-state index in [0.29, 0.717) is 13.1 Å². The van der Waals surface area contributed by atoms with Crippen molar-refractivity contribution in [2.45, 2.75) is 31.8 Å². The zero-order chi connectivity index (χ0) is 17.6. The van der Waals surface area contributed by atoms with E-state index in [1.54, 1.807) is 13.3 Å². The first-order chi connectivity index (χ1) is 12.2. The Morgan fingerprint density at radius 3 is 3.04 bits per heavy atom. The fraction of sp³-hybridized carbons (Fsp3) is 0.400. The molecular formula is C20H25N3O2. The van der Waals surface area contributed by atoms with Crippen LogP contribution in [0.5, 0.6) is 5.75 Å². The predicted molar refractivity (Wildman–Crippen MR) is 97.4 cm³/mol. The number of fused-ring (bicyclic) bond motifs is 1. The van der Waals surface area contributed by atoms with Crippen molar-refractivity contribution in [1.29, 1.82) is 0 Å². The van der Waals surface area contributed by atoms with Crippen LogP contribution in [0.1, 0.15) is 35.6 Å². The highest BCUT2D eigenvalue weighted by Gasteiger charge is 2.22. The van der Waals surface area contributed by atoms with Crippen LogP contribution in [-0.4, -0.2) is 36.5 Å². The summed E-state index contributed by atoms with van der Waals surface area (Å²) in [5, 5.41) is 3.19. The van der Waals surface area contributed by atoms with E-state index >= 15 is 0 Å². The maximum Gasteiger partial charge on any atom is 0.234 e. The third kappa shape index (κ3) is 4.57. The van der Waals surface area contributed by atoms with Gasteiger partial charge in [0.05, 0.1) is 19.7 Å². The van der Waals surface area contributed by atoms with Gasteiger partial charge in [-0.25, -0.2) is 0 Å². The zero-order valence-corrected chi connectivity index (χ0v) is 14.9. The largest absolute Gasteiger partial charge is 0.497 e. The van der Waals surface area contributed by atoms with Gasteiger partial charge in [-0.3, -0.25) is 14.7 Å². The van der Waals surface area contributed by atoms with Gasteiger partial charge in [-0.2, -0.15) is 0 Å². The molecule has 0 saturated heterocycles. The minimum atomic E-state index is 0.0556. The quantitative estimate of drug-likeness (QED) is 0.879. The van der Waals surface area contributed by atoms with Crippen molar-refractivity contribution in [3.8, 4) is 5.75 Å². The molecule has 0 aliphatic heterocycles. The maximum absolute atomic E-state index is 12.5. The molecule has 0 saturated carbocycles. The normalized spacial score (nSPS) is 16.4. The smallest absolute Gasteiger partial charge is 0.234 e. The van der Waals surface area contributed by atoms with Crippen molar-refractivity contribution in [1.82, 2.24) is 15.2 Å². The van der Waals surface area contributed by atoms with Crippen LogP contribution in [-0.2, 0) is 17.8 Å². The summed E-state index contributed by atoms with van der Waals surface area (Å²) >= 11 is 0. The molecular weight excluding hydrogens is 314 g/mol. The highest BCUT2D eigenvalue weighted by Crippen LogP contribution is 2.32. The summed E-state index contributed by atoms with van der Waals surface area (Å²) in [6.45, 7) is 1.08. The Hall–Kier alpha value is -2.40. The molecule has 132 valence electrons. The molecule has 2 aromatic rings. The molecule has 5 heteroatoms. The van der Waals surface area contributed by atoms with Crippen LogP contribution >= 0.6 is 0 Å². The number of amides is 1. The van der Waals surface area contributed by atoms with Gasteiger partial charge in [0.1, 0.15) is 5.75 Å². The molecule has 1 atom stereocenters. The summed E-state index contributed by atoms with van der Waals surface area (Å²) in [6.07, 6.45) is 6.69. The molecule has 0 fully saturated rings. The Bertz CT molecular complexity index is 718. The molecule has 0 unspecified atom stereocenters. The van der Waals surface area contributed by atoms with E-state index in [9.17, 15) is 4.79 Å². The van der Waals surface area contributed by atoms with Crippen molar-refractivity contribution in [3.63, 3.8) is 0 Å². The lowest BCUT2D eigenvalue weighted by atomic mass is 9.87. The Kier molecular flexibility index (Phi) is 5.66. The third-order valence-corrected chi connectivity index (χ3v) is 4.59. The number of aryl methyl sites for hydroxylation is 1. The van der Waals surface area contributed by atoms with Crippen molar-refractivity contribution in [2.24, 2.45) is 0 Å². The Morgan fingerprint density at radius 2 is 2.28 bits per heavy atom. The molecule has 1 aromatic carbocycles. The number of methoxy groups -OCH3 is 1. The second-order valence-electron chi connectivity index (χ2n) is 6.61. The molecule has 5 nitrogen and oxygen atoms in total. The van der Waals surface area contributed by atoms with Crippen LogP contribution in [0, 0.1) is 0 Å². The van der Waals surface area contributed by atoms with E-state index in [1.165, 1.54) is 11.1 Å². The SMILES string of the molecule is COc1ccc2c(c1)CCC[C@H]2NC(=O)CN(C)Cc1cccnc1. The first kappa shape index (κ1) is 17.4. The van der Waals surface area contributed by atoms with E-state index in [-0.39, 0.29) is 11.9 Å². The molecule has 25 heavy (non-hydrogen) atoms. The first-order valence-corrected chi connectivity index (χ1v) is 8.69. The number of ether oxygens (including phenoxy) is 1. The number of hydrogen-bond donors (Lipinski definition) is 1. The lowest BCUT2D eigenvalue weighted by Crippen LogP contribution is -2.38. The van der Waals surface area contributed by atoms with Crippen LogP contribution in [0.4, 0.5) is 0 Å². The minimum Gasteiger partial charge on any atom is -0.497 e. The minimum absolute atomic E-state index is 0.0556. The van der Waals surface area contributed by atoms with Crippen molar-refractivity contribution in [2.75, 3.05) is 20.7 Å². The third-order valence-electron chi connectivity index (χ3n) is 4.59. The molecule has 1 aliphatic rings. The molecule has 3 rings (SSSR count). The van der Waals surface area contributed by atoms with Crippen molar-refractivity contribution in [3.05, 3.63) is 59.4 Å². The molecule has 1 amide bonds. The Morgan fingerprint density at radius 1 is 1.40 bits per heavy atom. The van der Waals surface area contributed by atoms with Gasteiger partial charge < -0.3 is 10.1 Å². The first-order valence-electron chi connectivity index (χ1n) is 8.69. The van der Waals surface area contributed by atoms with Gasteiger partial charge in [0.25, 0.3) is 0 Å². The second-order valence-corrected chi connectivity index (χ2v) is 6.61.